The van der Waals surface area contributed by atoms with E-state index in [0.717, 1.165) is 43.5 Å². The van der Waals surface area contributed by atoms with Crippen molar-refractivity contribution >= 4 is 5.96 Å². The van der Waals surface area contributed by atoms with Gasteiger partial charge in [-0.2, -0.15) is 0 Å². The van der Waals surface area contributed by atoms with Gasteiger partial charge < -0.3 is 25.0 Å². The van der Waals surface area contributed by atoms with E-state index >= 15 is 0 Å². The minimum atomic E-state index is 0.733. The maximum atomic E-state index is 5.36. The summed E-state index contributed by atoms with van der Waals surface area (Å²) in [6, 6.07) is 14.6. The third kappa shape index (κ3) is 6.78. The van der Waals surface area contributed by atoms with E-state index < -0.39 is 0 Å². The fourth-order valence-electron chi connectivity index (χ4n) is 2.97. The molecular formula is C22H32N4O2. The standard InChI is InChI=1S/C22H32N4O2/c1-23-22(25-15-18-7-6-8-19(13-18)16-26(2)3)24-12-11-17-9-10-20(27-4)21(14-17)28-5/h6-10,13-14H,11-12,15-16H2,1-5H3,(H2,23,24,25). The molecule has 0 amide bonds. The Labute approximate surface area is 168 Å². The number of methoxy groups -OCH3 is 2. The maximum absolute atomic E-state index is 5.36. The van der Waals surface area contributed by atoms with Gasteiger partial charge in [-0.3, -0.25) is 4.99 Å². The second kappa shape index (κ2) is 11.2. The molecule has 0 atom stereocenters. The Kier molecular flexibility index (Phi) is 8.62. The van der Waals surface area contributed by atoms with Crippen molar-refractivity contribution in [1.29, 1.82) is 0 Å². The topological polar surface area (TPSA) is 58.1 Å². The third-order valence-corrected chi connectivity index (χ3v) is 4.33. The number of guanidine groups is 1. The molecule has 0 aliphatic heterocycles. The Balaban J connectivity index is 1.83. The molecule has 28 heavy (non-hydrogen) atoms. The summed E-state index contributed by atoms with van der Waals surface area (Å²) in [7, 11) is 9.24. The number of aliphatic imine (C=N–C) groups is 1. The van der Waals surface area contributed by atoms with Gasteiger partial charge in [0, 0.05) is 26.7 Å². The van der Waals surface area contributed by atoms with Crippen molar-refractivity contribution in [2.75, 3.05) is 41.9 Å². The second-order valence-electron chi connectivity index (χ2n) is 6.85. The smallest absolute Gasteiger partial charge is 0.191 e. The lowest BCUT2D eigenvalue weighted by Crippen LogP contribution is -2.37. The first-order chi connectivity index (χ1) is 13.5. The Morgan fingerprint density at radius 3 is 2.36 bits per heavy atom. The Hall–Kier alpha value is -2.73. The minimum absolute atomic E-state index is 0.733. The summed E-state index contributed by atoms with van der Waals surface area (Å²) in [5.41, 5.74) is 3.72. The fraction of sp³-hybridized carbons (Fsp3) is 0.409. The Morgan fingerprint density at radius 1 is 0.929 bits per heavy atom. The molecule has 2 N–H and O–H groups in total. The predicted octanol–water partition coefficient (Wildman–Crippen LogP) is 2.67. The summed E-state index contributed by atoms with van der Waals surface area (Å²) in [5, 5.41) is 6.73. The molecule has 0 saturated heterocycles. The van der Waals surface area contributed by atoms with Gasteiger partial charge in [0.05, 0.1) is 14.2 Å². The summed E-state index contributed by atoms with van der Waals surface area (Å²) < 4.78 is 10.6. The number of nitrogens with zero attached hydrogens (tertiary/aromatic N) is 2. The van der Waals surface area contributed by atoms with Crippen LogP contribution < -0.4 is 20.1 Å². The van der Waals surface area contributed by atoms with Gasteiger partial charge in [-0.15, -0.1) is 0 Å². The lowest BCUT2D eigenvalue weighted by atomic mass is 10.1. The van der Waals surface area contributed by atoms with E-state index in [4.69, 9.17) is 9.47 Å². The fourth-order valence-corrected chi connectivity index (χ4v) is 2.97. The molecule has 0 aliphatic carbocycles. The molecule has 0 spiro atoms. The third-order valence-electron chi connectivity index (χ3n) is 4.33. The Bertz CT molecular complexity index is 775. The van der Waals surface area contributed by atoms with Crippen LogP contribution in [0.5, 0.6) is 11.5 Å². The van der Waals surface area contributed by atoms with Crippen LogP contribution in [0.1, 0.15) is 16.7 Å². The van der Waals surface area contributed by atoms with Gasteiger partial charge in [-0.25, -0.2) is 0 Å². The molecule has 2 aromatic carbocycles. The van der Waals surface area contributed by atoms with E-state index in [0.29, 0.717) is 0 Å². The van der Waals surface area contributed by atoms with Crippen molar-refractivity contribution in [3.05, 3.63) is 59.2 Å². The average Bonchev–Trinajstić information content (AvgIpc) is 2.70. The number of rotatable bonds is 9. The molecule has 2 aromatic rings. The first-order valence-electron chi connectivity index (χ1n) is 9.43. The molecule has 2 rings (SSSR count). The zero-order chi connectivity index (χ0) is 20.4. The molecule has 0 aliphatic rings. The molecule has 0 unspecified atom stereocenters. The van der Waals surface area contributed by atoms with Crippen molar-refractivity contribution < 1.29 is 9.47 Å². The molecule has 0 fully saturated rings. The van der Waals surface area contributed by atoms with Gasteiger partial charge in [0.1, 0.15) is 0 Å². The van der Waals surface area contributed by atoms with Crippen molar-refractivity contribution in [3.63, 3.8) is 0 Å². The largest absolute Gasteiger partial charge is 0.493 e. The van der Waals surface area contributed by atoms with Crippen LogP contribution in [0.3, 0.4) is 0 Å². The van der Waals surface area contributed by atoms with Crippen LogP contribution in [-0.2, 0) is 19.5 Å². The Morgan fingerprint density at radius 2 is 1.68 bits per heavy atom. The lowest BCUT2D eigenvalue weighted by Gasteiger charge is -2.14. The monoisotopic (exact) mass is 384 g/mol. The van der Waals surface area contributed by atoms with Gasteiger partial charge in [0.25, 0.3) is 0 Å². The van der Waals surface area contributed by atoms with Crippen molar-refractivity contribution in [2.45, 2.75) is 19.5 Å². The predicted molar refractivity (Wildman–Crippen MR) is 115 cm³/mol. The molecule has 152 valence electrons. The summed E-state index contributed by atoms with van der Waals surface area (Å²) in [6.07, 6.45) is 0.860. The maximum Gasteiger partial charge on any atom is 0.191 e. The number of hydrogen-bond acceptors (Lipinski definition) is 4. The van der Waals surface area contributed by atoms with Crippen LogP contribution in [0.25, 0.3) is 0 Å². The van der Waals surface area contributed by atoms with E-state index in [2.05, 4.69) is 65.0 Å². The van der Waals surface area contributed by atoms with Crippen LogP contribution in [0, 0.1) is 0 Å². The van der Waals surface area contributed by atoms with Crippen molar-refractivity contribution in [1.82, 2.24) is 15.5 Å². The van der Waals surface area contributed by atoms with Crippen LogP contribution >= 0.6 is 0 Å². The van der Waals surface area contributed by atoms with E-state index in [-0.39, 0.29) is 0 Å². The highest BCUT2D eigenvalue weighted by atomic mass is 16.5. The molecular weight excluding hydrogens is 352 g/mol. The van der Waals surface area contributed by atoms with Gasteiger partial charge >= 0.3 is 0 Å². The minimum Gasteiger partial charge on any atom is -0.493 e. The summed E-state index contributed by atoms with van der Waals surface area (Å²) in [5.74, 6) is 2.28. The quantitative estimate of drug-likeness (QED) is 0.514. The first kappa shape index (κ1) is 21.6. The van der Waals surface area contributed by atoms with Gasteiger partial charge in [-0.1, -0.05) is 30.3 Å². The summed E-state index contributed by atoms with van der Waals surface area (Å²) in [6.45, 7) is 2.44. The summed E-state index contributed by atoms with van der Waals surface area (Å²) in [4.78, 5) is 6.48. The van der Waals surface area contributed by atoms with Crippen LogP contribution in [0.4, 0.5) is 0 Å². The van der Waals surface area contributed by atoms with E-state index in [1.54, 1.807) is 21.3 Å². The zero-order valence-corrected chi connectivity index (χ0v) is 17.6. The highest BCUT2D eigenvalue weighted by Gasteiger charge is 2.05. The highest BCUT2D eigenvalue weighted by molar-refractivity contribution is 5.79. The van der Waals surface area contributed by atoms with Crippen molar-refractivity contribution in [3.8, 4) is 11.5 Å². The number of nitrogens with one attached hydrogen (secondary N) is 2. The molecule has 0 radical (unpaired) electrons. The normalized spacial score (nSPS) is 11.4. The van der Waals surface area contributed by atoms with Gasteiger partial charge in [0.2, 0.25) is 0 Å². The van der Waals surface area contributed by atoms with Gasteiger partial charge in [-0.05, 0) is 49.3 Å². The molecule has 0 heterocycles. The molecule has 0 bridgehead atoms. The lowest BCUT2D eigenvalue weighted by molar-refractivity contribution is 0.354. The number of hydrogen-bond donors (Lipinski definition) is 2. The van der Waals surface area contributed by atoms with E-state index in [9.17, 15) is 0 Å². The molecule has 0 saturated carbocycles. The number of benzene rings is 2. The van der Waals surface area contributed by atoms with E-state index in [1.807, 2.05) is 12.1 Å². The van der Waals surface area contributed by atoms with E-state index in [1.165, 1.54) is 16.7 Å². The van der Waals surface area contributed by atoms with Crippen LogP contribution in [0.15, 0.2) is 47.5 Å². The average molecular weight is 385 g/mol. The summed E-state index contributed by atoms with van der Waals surface area (Å²) >= 11 is 0. The molecule has 0 aromatic heterocycles. The molecule has 6 nitrogen and oxygen atoms in total. The molecule has 6 heteroatoms. The second-order valence-corrected chi connectivity index (χ2v) is 6.85. The van der Waals surface area contributed by atoms with Crippen LogP contribution in [-0.4, -0.2) is 52.8 Å². The SMILES string of the molecule is CN=C(NCCc1ccc(OC)c(OC)c1)NCc1cccc(CN(C)C)c1. The van der Waals surface area contributed by atoms with Crippen molar-refractivity contribution in [2.24, 2.45) is 4.99 Å². The highest BCUT2D eigenvalue weighted by Crippen LogP contribution is 2.27. The van der Waals surface area contributed by atoms with Crippen LogP contribution in [0.2, 0.25) is 0 Å². The number of ether oxygens (including phenoxy) is 2. The first-order valence-corrected chi connectivity index (χ1v) is 9.43. The van der Waals surface area contributed by atoms with Gasteiger partial charge in [0.15, 0.2) is 17.5 Å². The zero-order valence-electron chi connectivity index (χ0n) is 17.6.